The van der Waals surface area contributed by atoms with Crippen LogP contribution in [0.2, 0.25) is 10.0 Å². The highest BCUT2D eigenvalue weighted by Crippen LogP contribution is 2.31. The van der Waals surface area contributed by atoms with E-state index in [1.54, 1.807) is 0 Å². The molecule has 0 spiro atoms. The number of nitrogens with one attached hydrogen (secondary N) is 1. The summed E-state index contributed by atoms with van der Waals surface area (Å²) < 4.78 is 12.9. The van der Waals surface area contributed by atoms with Gasteiger partial charge in [0.1, 0.15) is 5.82 Å². The molecule has 0 aliphatic heterocycles. The quantitative estimate of drug-likeness (QED) is 0.787. The summed E-state index contributed by atoms with van der Waals surface area (Å²) in [6.45, 7) is 0.622. The minimum absolute atomic E-state index is 0.0929. The largest absolute Gasteiger partial charge is 0.330 e. The van der Waals surface area contributed by atoms with Gasteiger partial charge in [-0.05, 0) is 31.5 Å². The molecular formula is C12H15Cl2FN2O. The van der Waals surface area contributed by atoms with Crippen LogP contribution in [0, 0.1) is 5.82 Å². The van der Waals surface area contributed by atoms with Crippen molar-refractivity contribution in [3.8, 4) is 0 Å². The minimum Gasteiger partial charge on any atom is -0.330 e. The number of anilines is 1. The number of carbonyl (C=O) groups excluding carboxylic acids is 1. The van der Waals surface area contributed by atoms with Crippen LogP contribution < -0.4 is 11.1 Å². The van der Waals surface area contributed by atoms with Crippen LogP contribution in [-0.2, 0) is 4.79 Å². The average Bonchev–Trinajstić information content (AvgIpc) is 2.29. The van der Waals surface area contributed by atoms with Gasteiger partial charge in [-0.3, -0.25) is 4.79 Å². The molecule has 1 aromatic rings. The van der Waals surface area contributed by atoms with Gasteiger partial charge in [-0.15, -0.1) is 0 Å². The third kappa shape index (κ3) is 4.80. The Kier molecular flexibility index (Phi) is 6.39. The van der Waals surface area contributed by atoms with Crippen LogP contribution in [-0.4, -0.2) is 12.5 Å². The summed E-state index contributed by atoms with van der Waals surface area (Å²) in [5.74, 6) is -0.728. The van der Waals surface area contributed by atoms with Crippen molar-refractivity contribution in [3.05, 3.63) is 28.0 Å². The van der Waals surface area contributed by atoms with Gasteiger partial charge in [0.25, 0.3) is 0 Å². The van der Waals surface area contributed by atoms with Crippen LogP contribution in [0.1, 0.15) is 25.7 Å². The van der Waals surface area contributed by atoms with E-state index in [1.807, 2.05) is 0 Å². The fraction of sp³-hybridized carbons (Fsp3) is 0.417. The third-order valence-corrected chi connectivity index (χ3v) is 2.98. The number of amides is 1. The number of nitrogens with two attached hydrogens (primary N) is 1. The number of hydrogen-bond acceptors (Lipinski definition) is 2. The topological polar surface area (TPSA) is 55.1 Å². The first-order valence-electron chi connectivity index (χ1n) is 5.69. The van der Waals surface area contributed by atoms with Gasteiger partial charge in [-0.2, -0.15) is 0 Å². The number of hydrogen-bond donors (Lipinski definition) is 2. The van der Waals surface area contributed by atoms with E-state index in [0.717, 1.165) is 31.4 Å². The highest BCUT2D eigenvalue weighted by atomic mass is 35.5. The summed E-state index contributed by atoms with van der Waals surface area (Å²) >= 11 is 11.6. The zero-order valence-corrected chi connectivity index (χ0v) is 11.3. The summed E-state index contributed by atoms with van der Waals surface area (Å²) in [7, 11) is 0. The molecule has 0 saturated heterocycles. The molecule has 0 aliphatic carbocycles. The first-order chi connectivity index (χ1) is 8.54. The van der Waals surface area contributed by atoms with Gasteiger partial charge < -0.3 is 11.1 Å². The second-order valence-electron chi connectivity index (χ2n) is 3.89. The van der Waals surface area contributed by atoms with Gasteiger partial charge in [-0.1, -0.05) is 29.6 Å². The molecule has 0 fully saturated rings. The van der Waals surface area contributed by atoms with Crippen molar-refractivity contribution in [1.82, 2.24) is 0 Å². The number of carbonyl (C=O) groups is 1. The Balaban J connectivity index is 2.54. The van der Waals surface area contributed by atoms with Crippen molar-refractivity contribution in [2.24, 2.45) is 5.73 Å². The number of halogens is 3. The lowest BCUT2D eigenvalue weighted by atomic mass is 10.2. The molecule has 0 aromatic heterocycles. The van der Waals surface area contributed by atoms with Crippen LogP contribution in [0.4, 0.5) is 10.1 Å². The van der Waals surface area contributed by atoms with E-state index in [-0.39, 0.29) is 21.6 Å². The summed E-state index contributed by atoms with van der Waals surface area (Å²) in [5, 5.41) is 2.77. The number of rotatable bonds is 6. The van der Waals surface area contributed by atoms with E-state index in [2.05, 4.69) is 5.32 Å². The van der Waals surface area contributed by atoms with Crippen molar-refractivity contribution >= 4 is 34.8 Å². The third-order valence-electron chi connectivity index (χ3n) is 2.38. The van der Waals surface area contributed by atoms with E-state index in [4.69, 9.17) is 28.9 Å². The smallest absolute Gasteiger partial charge is 0.224 e. The first kappa shape index (κ1) is 15.2. The molecule has 1 amide bonds. The molecular weight excluding hydrogens is 278 g/mol. The Morgan fingerprint density at radius 1 is 1.22 bits per heavy atom. The molecule has 0 unspecified atom stereocenters. The summed E-state index contributed by atoms with van der Waals surface area (Å²) in [6.07, 6.45) is 2.91. The van der Waals surface area contributed by atoms with Crippen molar-refractivity contribution < 1.29 is 9.18 Å². The molecule has 3 nitrogen and oxygen atoms in total. The van der Waals surface area contributed by atoms with Crippen LogP contribution in [0.5, 0.6) is 0 Å². The second kappa shape index (κ2) is 7.56. The van der Waals surface area contributed by atoms with Crippen molar-refractivity contribution in [3.63, 3.8) is 0 Å². The van der Waals surface area contributed by atoms with Gasteiger partial charge in [0, 0.05) is 6.42 Å². The molecule has 3 N–H and O–H groups in total. The maximum atomic E-state index is 12.9. The Morgan fingerprint density at radius 2 is 1.83 bits per heavy atom. The van der Waals surface area contributed by atoms with Gasteiger partial charge in [-0.25, -0.2) is 4.39 Å². The van der Waals surface area contributed by atoms with Gasteiger partial charge >= 0.3 is 0 Å². The molecule has 1 rings (SSSR count). The lowest BCUT2D eigenvalue weighted by Gasteiger charge is -2.09. The van der Waals surface area contributed by atoms with E-state index in [1.165, 1.54) is 0 Å². The monoisotopic (exact) mass is 292 g/mol. The lowest BCUT2D eigenvalue weighted by Crippen LogP contribution is -2.12. The second-order valence-corrected chi connectivity index (χ2v) is 4.71. The molecule has 18 heavy (non-hydrogen) atoms. The molecule has 1 aromatic carbocycles. The normalized spacial score (nSPS) is 10.4. The highest BCUT2D eigenvalue weighted by molar-refractivity contribution is 6.39. The van der Waals surface area contributed by atoms with Crippen molar-refractivity contribution in [2.75, 3.05) is 11.9 Å². The maximum absolute atomic E-state index is 12.9. The minimum atomic E-state index is -0.536. The van der Waals surface area contributed by atoms with E-state index in [9.17, 15) is 9.18 Å². The molecule has 0 heterocycles. The van der Waals surface area contributed by atoms with Crippen molar-refractivity contribution in [1.29, 1.82) is 0 Å². The molecule has 0 saturated carbocycles. The van der Waals surface area contributed by atoms with Crippen LogP contribution >= 0.6 is 23.2 Å². The van der Waals surface area contributed by atoms with E-state index < -0.39 is 5.82 Å². The fourth-order valence-corrected chi connectivity index (χ4v) is 2.03. The zero-order valence-electron chi connectivity index (χ0n) is 9.81. The summed E-state index contributed by atoms with van der Waals surface area (Å²) in [6, 6.07) is 2.22. The highest BCUT2D eigenvalue weighted by Gasteiger charge is 2.11. The van der Waals surface area contributed by atoms with Gasteiger partial charge in [0.05, 0.1) is 15.7 Å². The predicted octanol–water partition coefficient (Wildman–Crippen LogP) is 3.59. The fourth-order valence-electron chi connectivity index (χ4n) is 1.47. The maximum Gasteiger partial charge on any atom is 0.224 e. The molecule has 6 heteroatoms. The molecule has 0 bridgehead atoms. The Labute approximate surface area is 115 Å². The average molecular weight is 293 g/mol. The molecule has 100 valence electrons. The van der Waals surface area contributed by atoms with Gasteiger partial charge in [0.2, 0.25) is 5.91 Å². The zero-order chi connectivity index (χ0) is 13.5. The Bertz CT molecular complexity index is 404. The summed E-state index contributed by atoms with van der Waals surface area (Å²) in [5.41, 5.74) is 5.61. The van der Waals surface area contributed by atoms with Crippen molar-refractivity contribution in [2.45, 2.75) is 25.7 Å². The van der Waals surface area contributed by atoms with Crippen LogP contribution in [0.25, 0.3) is 0 Å². The van der Waals surface area contributed by atoms with E-state index >= 15 is 0 Å². The number of unbranched alkanes of at least 4 members (excludes halogenated alkanes) is 2. The SMILES string of the molecule is NCCCCCC(=O)Nc1c(Cl)cc(F)cc1Cl. The number of benzene rings is 1. The predicted molar refractivity (Wildman–Crippen MR) is 72.6 cm³/mol. The van der Waals surface area contributed by atoms with E-state index in [0.29, 0.717) is 13.0 Å². The summed E-state index contributed by atoms with van der Waals surface area (Å²) in [4.78, 5) is 11.6. The first-order valence-corrected chi connectivity index (χ1v) is 6.44. The molecule has 0 atom stereocenters. The standard InChI is InChI=1S/C12H15Cl2FN2O/c13-9-6-8(15)7-10(14)12(9)17-11(18)4-2-1-3-5-16/h6-7H,1-5,16H2,(H,17,18). The molecule has 0 aliphatic rings. The molecule has 0 radical (unpaired) electrons. The lowest BCUT2D eigenvalue weighted by molar-refractivity contribution is -0.116. The Hall–Kier alpha value is -0.840. The van der Waals surface area contributed by atoms with Crippen LogP contribution in [0.3, 0.4) is 0 Å². The van der Waals surface area contributed by atoms with Gasteiger partial charge in [0.15, 0.2) is 0 Å². The van der Waals surface area contributed by atoms with Crippen LogP contribution in [0.15, 0.2) is 12.1 Å². The Morgan fingerprint density at radius 3 is 2.39 bits per heavy atom.